The fourth-order valence-electron chi connectivity index (χ4n) is 3.41. The number of piperazine rings is 1. The van der Waals surface area contributed by atoms with Crippen LogP contribution >= 0.6 is 11.6 Å². The van der Waals surface area contributed by atoms with Crippen molar-refractivity contribution >= 4 is 17.5 Å². The van der Waals surface area contributed by atoms with Gasteiger partial charge in [-0.15, -0.1) is 10.2 Å². The molecule has 1 aliphatic rings. The minimum Gasteiger partial charge on any atom is -0.331 e. The van der Waals surface area contributed by atoms with Crippen molar-refractivity contribution in [2.45, 2.75) is 19.0 Å². The average molecular weight is 397 g/mol. The highest BCUT2D eigenvalue weighted by Gasteiger charge is 2.32. The summed E-state index contributed by atoms with van der Waals surface area (Å²) in [6.45, 7) is 3.84. The Morgan fingerprint density at radius 3 is 2.82 bits per heavy atom. The van der Waals surface area contributed by atoms with Crippen LogP contribution < -0.4 is 5.32 Å². The second-order valence-electron chi connectivity index (χ2n) is 6.78. The zero-order valence-corrected chi connectivity index (χ0v) is 16.3. The third-order valence-electron chi connectivity index (χ3n) is 4.92. The van der Waals surface area contributed by atoms with Gasteiger partial charge in [-0.1, -0.05) is 54.1 Å². The molecule has 2 atom stereocenters. The highest BCUT2D eigenvalue weighted by Crippen LogP contribution is 2.27. The molecule has 2 aromatic carbocycles. The van der Waals surface area contributed by atoms with Crippen molar-refractivity contribution in [3.05, 3.63) is 65.2 Å². The molecule has 1 N–H and O–H groups in total. The second kappa shape index (κ2) is 8.08. The Balaban J connectivity index is 1.56. The molecule has 1 fully saturated rings. The van der Waals surface area contributed by atoms with Gasteiger partial charge in [0, 0.05) is 30.2 Å². The number of nitrogens with one attached hydrogen (secondary N) is 1. The first-order chi connectivity index (χ1) is 13.6. The largest absolute Gasteiger partial charge is 0.331 e. The van der Waals surface area contributed by atoms with Crippen LogP contribution in [0.25, 0.3) is 11.4 Å². The fourth-order valence-corrected chi connectivity index (χ4v) is 3.61. The van der Waals surface area contributed by atoms with Crippen LogP contribution in [0.1, 0.15) is 24.6 Å². The number of hydrogen-bond donors (Lipinski definition) is 1. The van der Waals surface area contributed by atoms with Gasteiger partial charge in [0.2, 0.25) is 11.7 Å². The molecule has 1 saturated heterocycles. The third kappa shape index (κ3) is 3.76. The van der Waals surface area contributed by atoms with Gasteiger partial charge in [0.1, 0.15) is 6.04 Å². The summed E-state index contributed by atoms with van der Waals surface area (Å²) < 4.78 is 0. The quantitative estimate of drug-likeness (QED) is 0.733. The maximum absolute atomic E-state index is 13.2. The molecule has 28 heavy (non-hydrogen) atoms. The first-order valence-corrected chi connectivity index (χ1v) is 9.63. The number of halogens is 1. The summed E-state index contributed by atoms with van der Waals surface area (Å²) in [7, 11) is 0. The highest BCUT2D eigenvalue weighted by atomic mass is 35.5. The normalized spacial score (nSPS) is 18.1. The number of carbonyl (C=O) groups excluding carboxylic acids is 1. The minimum atomic E-state index is -0.551. The van der Waals surface area contributed by atoms with Crippen molar-refractivity contribution in [3.8, 4) is 11.4 Å². The number of tetrazole rings is 1. The average Bonchev–Trinajstić information content (AvgIpc) is 3.24. The van der Waals surface area contributed by atoms with Gasteiger partial charge in [-0.25, -0.2) is 0 Å². The molecule has 4 rings (SSSR count). The van der Waals surface area contributed by atoms with Crippen LogP contribution in [0.5, 0.6) is 0 Å². The lowest BCUT2D eigenvalue weighted by atomic mass is 10.0. The Morgan fingerprint density at radius 2 is 2.04 bits per heavy atom. The summed E-state index contributed by atoms with van der Waals surface area (Å²) in [4.78, 5) is 16.5. The van der Waals surface area contributed by atoms with Gasteiger partial charge in [0.25, 0.3) is 0 Å². The predicted octanol–water partition coefficient (Wildman–Crippen LogP) is 2.73. The number of hydrogen-bond acceptors (Lipinski definition) is 5. The van der Waals surface area contributed by atoms with E-state index in [-0.39, 0.29) is 11.9 Å². The van der Waals surface area contributed by atoms with E-state index < -0.39 is 6.04 Å². The molecular weight excluding hydrogens is 376 g/mol. The van der Waals surface area contributed by atoms with Crippen LogP contribution in [0.2, 0.25) is 5.02 Å². The number of aromatic nitrogens is 4. The highest BCUT2D eigenvalue weighted by molar-refractivity contribution is 6.30. The number of nitrogens with zero attached hydrogens (tertiary/aromatic N) is 5. The summed E-state index contributed by atoms with van der Waals surface area (Å²) in [6, 6.07) is 16.6. The molecule has 2 unspecified atom stereocenters. The summed E-state index contributed by atoms with van der Waals surface area (Å²) in [6.07, 6.45) is 0. The minimum absolute atomic E-state index is 0.0384. The number of benzene rings is 2. The lowest BCUT2D eigenvalue weighted by Gasteiger charge is -2.37. The predicted molar refractivity (Wildman–Crippen MR) is 107 cm³/mol. The zero-order valence-electron chi connectivity index (χ0n) is 15.5. The molecule has 2 heterocycles. The van der Waals surface area contributed by atoms with E-state index in [4.69, 9.17) is 11.6 Å². The van der Waals surface area contributed by atoms with Gasteiger partial charge in [-0.2, -0.15) is 4.80 Å². The molecule has 0 bridgehead atoms. The van der Waals surface area contributed by atoms with E-state index in [2.05, 4.69) is 20.7 Å². The van der Waals surface area contributed by atoms with Crippen molar-refractivity contribution < 1.29 is 4.79 Å². The Labute approximate surface area is 168 Å². The molecule has 1 aromatic heterocycles. The van der Waals surface area contributed by atoms with Crippen molar-refractivity contribution in [1.82, 2.24) is 30.4 Å². The zero-order chi connectivity index (χ0) is 19.5. The Hall–Kier alpha value is -2.77. The van der Waals surface area contributed by atoms with Crippen LogP contribution in [-0.4, -0.2) is 50.6 Å². The molecule has 7 nitrogen and oxygen atoms in total. The maximum atomic E-state index is 13.2. The molecule has 0 spiro atoms. The van der Waals surface area contributed by atoms with E-state index in [9.17, 15) is 4.79 Å². The molecule has 0 saturated carbocycles. The van der Waals surface area contributed by atoms with Crippen molar-refractivity contribution in [1.29, 1.82) is 0 Å². The summed E-state index contributed by atoms with van der Waals surface area (Å²) in [5, 5.41) is 16.7. The van der Waals surface area contributed by atoms with Gasteiger partial charge in [0.05, 0.1) is 6.04 Å². The smallest absolute Gasteiger partial charge is 0.249 e. The standard InChI is InChI=1S/C20H21ClN6O/c1-14(27-24-19(23-25-27)15-6-3-2-4-7-15)20(28)26-11-10-22-13-18(26)16-8-5-9-17(21)12-16/h2-9,12,14,18,22H,10-11,13H2,1H3. The molecule has 144 valence electrons. The van der Waals surface area contributed by atoms with Crippen LogP contribution in [0, 0.1) is 0 Å². The van der Waals surface area contributed by atoms with Gasteiger partial charge >= 0.3 is 0 Å². The lowest BCUT2D eigenvalue weighted by molar-refractivity contribution is -0.138. The number of rotatable bonds is 4. The molecule has 0 aliphatic carbocycles. The first kappa shape index (κ1) is 18.6. The van der Waals surface area contributed by atoms with E-state index in [1.165, 1.54) is 4.80 Å². The van der Waals surface area contributed by atoms with E-state index in [0.29, 0.717) is 23.9 Å². The second-order valence-corrected chi connectivity index (χ2v) is 7.22. The summed E-state index contributed by atoms with van der Waals surface area (Å²) >= 11 is 6.15. The van der Waals surface area contributed by atoms with Crippen LogP contribution in [0.4, 0.5) is 0 Å². The summed E-state index contributed by atoms with van der Waals surface area (Å²) in [5.41, 5.74) is 1.88. The number of carbonyl (C=O) groups is 1. The molecule has 1 aliphatic heterocycles. The van der Waals surface area contributed by atoms with Gasteiger partial charge in [-0.3, -0.25) is 4.79 Å². The van der Waals surface area contributed by atoms with Gasteiger partial charge in [-0.05, 0) is 29.8 Å². The fraction of sp³-hybridized carbons (Fsp3) is 0.300. The first-order valence-electron chi connectivity index (χ1n) is 9.25. The van der Waals surface area contributed by atoms with E-state index in [0.717, 1.165) is 17.7 Å². The molecule has 0 radical (unpaired) electrons. The van der Waals surface area contributed by atoms with Gasteiger partial charge < -0.3 is 10.2 Å². The van der Waals surface area contributed by atoms with Crippen molar-refractivity contribution in [2.24, 2.45) is 0 Å². The molecular formula is C20H21ClN6O. The summed E-state index contributed by atoms with van der Waals surface area (Å²) in [5.74, 6) is 0.468. The molecule has 1 amide bonds. The SMILES string of the molecule is CC(C(=O)N1CCNCC1c1cccc(Cl)c1)n1nnc(-c2ccccc2)n1. The Morgan fingerprint density at radius 1 is 1.21 bits per heavy atom. The van der Waals surface area contributed by atoms with Crippen LogP contribution in [-0.2, 0) is 4.79 Å². The van der Waals surface area contributed by atoms with Crippen LogP contribution in [0.3, 0.4) is 0 Å². The molecule has 3 aromatic rings. The molecule has 8 heteroatoms. The third-order valence-corrected chi connectivity index (χ3v) is 5.16. The topological polar surface area (TPSA) is 75.9 Å². The Kier molecular flexibility index (Phi) is 5.36. The van der Waals surface area contributed by atoms with Crippen molar-refractivity contribution in [2.75, 3.05) is 19.6 Å². The van der Waals surface area contributed by atoms with E-state index in [1.54, 1.807) is 6.92 Å². The maximum Gasteiger partial charge on any atom is 0.249 e. The van der Waals surface area contributed by atoms with Gasteiger partial charge in [0.15, 0.2) is 0 Å². The van der Waals surface area contributed by atoms with Crippen molar-refractivity contribution in [3.63, 3.8) is 0 Å². The monoisotopic (exact) mass is 396 g/mol. The Bertz CT molecular complexity index is 960. The van der Waals surface area contributed by atoms with E-state index >= 15 is 0 Å². The number of amides is 1. The van der Waals surface area contributed by atoms with E-state index in [1.807, 2.05) is 59.5 Å². The van der Waals surface area contributed by atoms with Crippen LogP contribution in [0.15, 0.2) is 54.6 Å². The lowest BCUT2D eigenvalue weighted by Crippen LogP contribution is -2.50.